The maximum Gasteiger partial charge on any atom is 0.317 e. The van der Waals surface area contributed by atoms with Crippen molar-refractivity contribution < 1.29 is 9.18 Å². The zero-order valence-corrected chi connectivity index (χ0v) is 16.4. The van der Waals surface area contributed by atoms with E-state index in [4.69, 9.17) is 11.6 Å². The molecule has 1 aromatic heterocycles. The van der Waals surface area contributed by atoms with Gasteiger partial charge in [-0.2, -0.15) is 0 Å². The van der Waals surface area contributed by atoms with Crippen LogP contribution in [0.2, 0.25) is 5.02 Å². The molecule has 0 unspecified atom stereocenters. The Morgan fingerprint density at radius 3 is 2.71 bits per heavy atom. The zero-order valence-electron chi connectivity index (χ0n) is 15.7. The molecular weight excluding hydrogens is 379 g/mol. The lowest BCUT2D eigenvalue weighted by atomic mass is 10.1. The fourth-order valence-corrected chi connectivity index (χ4v) is 3.77. The van der Waals surface area contributed by atoms with Gasteiger partial charge in [0, 0.05) is 55.0 Å². The fourth-order valence-electron chi connectivity index (χ4n) is 3.60. The van der Waals surface area contributed by atoms with Gasteiger partial charge in [-0.1, -0.05) is 11.6 Å². The first-order valence-electron chi connectivity index (χ1n) is 9.28. The SMILES string of the molecule is CN(CCN1CCNC1=O)Cc1cn(-c2ccc(F)cc2)c2ccc(Cl)cc12. The lowest BCUT2D eigenvalue weighted by Crippen LogP contribution is -2.35. The first kappa shape index (κ1) is 18.8. The molecule has 0 bridgehead atoms. The number of aromatic nitrogens is 1. The second-order valence-corrected chi connectivity index (χ2v) is 7.56. The molecule has 1 fully saturated rings. The Kier molecular flexibility index (Phi) is 5.24. The lowest BCUT2D eigenvalue weighted by molar-refractivity contribution is 0.207. The average Bonchev–Trinajstić information content (AvgIpc) is 3.24. The Balaban J connectivity index is 1.58. The number of likely N-dealkylation sites (N-methyl/N-ethyl adjacent to an activating group) is 1. The van der Waals surface area contributed by atoms with Gasteiger partial charge in [0.15, 0.2) is 0 Å². The minimum atomic E-state index is -0.255. The number of benzene rings is 2. The van der Waals surface area contributed by atoms with E-state index in [0.717, 1.165) is 41.8 Å². The molecule has 7 heteroatoms. The molecule has 2 amide bonds. The van der Waals surface area contributed by atoms with Crippen LogP contribution in [0.3, 0.4) is 0 Å². The monoisotopic (exact) mass is 400 g/mol. The van der Waals surface area contributed by atoms with Crippen LogP contribution in [0.4, 0.5) is 9.18 Å². The highest BCUT2D eigenvalue weighted by Crippen LogP contribution is 2.28. The number of rotatable bonds is 6. The Morgan fingerprint density at radius 2 is 2.00 bits per heavy atom. The summed E-state index contributed by atoms with van der Waals surface area (Å²) in [6.07, 6.45) is 2.08. The first-order chi connectivity index (χ1) is 13.5. The van der Waals surface area contributed by atoms with Crippen LogP contribution in [0.25, 0.3) is 16.6 Å². The van der Waals surface area contributed by atoms with Crippen molar-refractivity contribution in [2.45, 2.75) is 6.54 Å². The molecule has 1 aliphatic rings. The molecule has 4 rings (SSSR count). The van der Waals surface area contributed by atoms with Gasteiger partial charge in [0.25, 0.3) is 0 Å². The molecule has 0 atom stereocenters. The third-order valence-corrected chi connectivity index (χ3v) is 5.33. The zero-order chi connectivity index (χ0) is 19.7. The smallest absolute Gasteiger partial charge is 0.317 e. The number of nitrogens with zero attached hydrogens (tertiary/aromatic N) is 3. The van der Waals surface area contributed by atoms with Crippen LogP contribution in [0.15, 0.2) is 48.7 Å². The van der Waals surface area contributed by atoms with Crippen molar-refractivity contribution in [1.82, 2.24) is 19.7 Å². The summed E-state index contributed by atoms with van der Waals surface area (Å²) >= 11 is 6.24. The van der Waals surface area contributed by atoms with Crippen LogP contribution >= 0.6 is 11.6 Å². The van der Waals surface area contributed by atoms with Crippen LogP contribution in [-0.2, 0) is 6.54 Å². The standard InChI is InChI=1S/C21H22ClFN4O/c1-25(10-11-26-9-8-24-21(26)28)13-15-14-27(18-5-3-17(23)4-6-18)20-7-2-16(22)12-19(15)20/h2-7,12,14H,8-11,13H2,1H3,(H,24,28). The quantitative estimate of drug-likeness (QED) is 0.682. The summed E-state index contributed by atoms with van der Waals surface area (Å²) in [6, 6.07) is 12.3. The maximum absolute atomic E-state index is 13.3. The summed E-state index contributed by atoms with van der Waals surface area (Å²) in [5.41, 5.74) is 3.06. The molecule has 2 heterocycles. The van der Waals surface area contributed by atoms with Crippen molar-refractivity contribution in [3.63, 3.8) is 0 Å². The van der Waals surface area contributed by atoms with E-state index in [-0.39, 0.29) is 11.8 Å². The number of hydrogen-bond donors (Lipinski definition) is 1. The Hall–Kier alpha value is -2.57. The minimum absolute atomic E-state index is 0.00749. The third kappa shape index (κ3) is 3.84. The summed E-state index contributed by atoms with van der Waals surface area (Å²) in [7, 11) is 2.04. The number of halogens is 2. The molecule has 1 aliphatic heterocycles. The molecule has 2 aromatic carbocycles. The van der Waals surface area contributed by atoms with Gasteiger partial charge in [-0.15, -0.1) is 0 Å². The molecule has 3 aromatic rings. The van der Waals surface area contributed by atoms with Crippen LogP contribution in [0.1, 0.15) is 5.56 Å². The molecule has 0 aliphatic carbocycles. The second-order valence-electron chi connectivity index (χ2n) is 7.12. The molecular formula is C21H22ClFN4O. The van der Waals surface area contributed by atoms with Crippen LogP contribution in [0, 0.1) is 5.82 Å². The lowest BCUT2D eigenvalue weighted by Gasteiger charge is -2.20. The average molecular weight is 401 g/mol. The van der Waals surface area contributed by atoms with Crippen molar-refractivity contribution in [3.8, 4) is 5.69 Å². The van der Waals surface area contributed by atoms with E-state index in [2.05, 4.69) is 21.0 Å². The number of carbonyl (C=O) groups excluding carboxylic acids is 1. The highest BCUT2D eigenvalue weighted by Gasteiger charge is 2.19. The highest BCUT2D eigenvalue weighted by atomic mass is 35.5. The molecule has 5 nitrogen and oxygen atoms in total. The van der Waals surface area contributed by atoms with Gasteiger partial charge in [-0.25, -0.2) is 9.18 Å². The summed E-state index contributed by atoms with van der Waals surface area (Å²) < 4.78 is 15.4. The molecule has 1 saturated heterocycles. The van der Waals surface area contributed by atoms with E-state index >= 15 is 0 Å². The summed E-state index contributed by atoms with van der Waals surface area (Å²) in [4.78, 5) is 15.7. The maximum atomic E-state index is 13.3. The number of urea groups is 1. The van der Waals surface area contributed by atoms with Crippen molar-refractivity contribution >= 4 is 28.5 Å². The Morgan fingerprint density at radius 1 is 1.21 bits per heavy atom. The number of carbonyl (C=O) groups is 1. The highest BCUT2D eigenvalue weighted by molar-refractivity contribution is 6.31. The van der Waals surface area contributed by atoms with Crippen molar-refractivity contribution in [1.29, 1.82) is 0 Å². The van der Waals surface area contributed by atoms with Gasteiger partial charge in [-0.05, 0) is 55.1 Å². The first-order valence-corrected chi connectivity index (χ1v) is 9.66. The van der Waals surface area contributed by atoms with Gasteiger partial charge in [0.1, 0.15) is 5.82 Å². The van der Waals surface area contributed by atoms with E-state index in [0.29, 0.717) is 18.1 Å². The Bertz CT molecular complexity index is 1000. The van der Waals surface area contributed by atoms with Crippen LogP contribution in [-0.4, -0.2) is 53.6 Å². The van der Waals surface area contributed by atoms with Crippen molar-refractivity contribution in [2.24, 2.45) is 0 Å². The van der Waals surface area contributed by atoms with Gasteiger partial charge in [-0.3, -0.25) is 0 Å². The third-order valence-electron chi connectivity index (χ3n) is 5.09. The largest absolute Gasteiger partial charge is 0.336 e. The normalized spacial score (nSPS) is 14.3. The number of fused-ring (bicyclic) bond motifs is 1. The van der Waals surface area contributed by atoms with Gasteiger partial charge in [0.2, 0.25) is 0 Å². The predicted octanol–water partition coefficient (Wildman–Crippen LogP) is 3.88. The van der Waals surface area contributed by atoms with E-state index in [1.54, 1.807) is 12.1 Å². The number of nitrogens with one attached hydrogen (secondary N) is 1. The minimum Gasteiger partial charge on any atom is -0.336 e. The number of amides is 2. The Labute approximate surface area is 168 Å². The van der Waals surface area contributed by atoms with Gasteiger partial charge < -0.3 is 19.7 Å². The fraction of sp³-hybridized carbons (Fsp3) is 0.286. The summed E-state index contributed by atoms with van der Waals surface area (Å²) in [5, 5.41) is 4.58. The molecule has 1 N–H and O–H groups in total. The molecule has 146 valence electrons. The van der Waals surface area contributed by atoms with Gasteiger partial charge >= 0.3 is 6.03 Å². The molecule has 28 heavy (non-hydrogen) atoms. The van der Waals surface area contributed by atoms with Crippen LogP contribution in [0.5, 0.6) is 0 Å². The van der Waals surface area contributed by atoms with Gasteiger partial charge in [0.05, 0.1) is 5.52 Å². The molecule has 0 saturated carbocycles. The predicted molar refractivity (Wildman–Crippen MR) is 110 cm³/mol. The van der Waals surface area contributed by atoms with E-state index < -0.39 is 0 Å². The summed E-state index contributed by atoms with van der Waals surface area (Å²) in [6.45, 7) is 3.66. The second kappa shape index (κ2) is 7.81. The van der Waals surface area contributed by atoms with Crippen molar-refractivity contribution in [2.75, 3.05) is 33.2 Å². The summed E-state index contributed by atoms with van der Waals surface area (Å²) in [5.74, 6) is -0.255. The topological polar surface area (TPSA) is 40.5 Å². The van der Waals surface area contributed by atoms with E-state index in [1.807, 2.05) is 30.1 Å². The molecule has 0 spiro atoms. The number of hydrogen-bond acceptors (Lipinski definition) is 2. The van der Waals surface area contributed by atoms with E-state index in [1.165, 1.54) is 12.1 Å². The van der Waals surface area contributed by atoms with E-state index in [9.17, 15) is 9.18 Å². The van der Waals surface area contributed by atoms with Crippen molar-refractivity contribution in [3.05, 3.63) is 65.1 Å². The molecule has 0 radical (unpaired) electrons. The van der Waals surface area contributed by atoms with Crippen LogP contribution < -0.4 is 5.32 Å².